The van der Waals surface area contributed by atoms with Crippen molar-refractivity contribution in [1.82, 2.24) is 4.90 Å². The number of carbonyl (C=O) groups excluding carboxylic acids is 1. The molecule has 1 fully saturated rings. The highest BCUT2D eigenvalue weighted by Gasteiger charge is 2.47. The smallest absolute Gasteiger partial charge is 0.343 e. The Balaban J connectivity index is 2.35. The Labute approximate surface area is 139 Å². The number of nitrogens with zero attached hydrogens (tertiary/aromatic N) is 1. The maximum atomic E-state index is 14.2. The molecule has 6 nitrogen and oxygen atoms in total. The minimum Gasteiger partial charge on any atom is -0.493 e. The first-order valence-electron chi connectivity index (χ1n) is 7.43. The monoisotopic (exact) mass is 337 g/mol. The lowest BCUT2D eigenvalue weighted by molar-refractivity contribution is -0.149. The lowest BCUT2D eigenvalue weighted by atomic mass is 10.0. The van der Waals surface area contributed by atoms with E-state index in [1.807, 2.05) is 0 Å². The van der Waals surface area contributed by atoms with E-state index in [1.54, 1.807) is 12.1 Å². The van der Waals surface area contributed by atoms with E-state index in [2.05, 4.69) is 6.58 Å². The largest absolute Gasteiger partial charge is 0.493 e. The molecule has 1 saturated heterocycles. The summed E-state index contributed by atoms with van der Waals surface area (Å²) in [5, 5.41) is 8.95. The summed E-state index contributed by atoms with van der Waals surface area (Å²) in [4.78, 5) is 24.8. The molecule has 0 saturated carbocycles. The number of carboxylic acids is 1. The van der Waals surface area contributed by atoms with Crippen LogP contribution in [0.3, 0.4) is 0 Å². The number of ether oxygens (including phenoxy) is 2. The van der Waals surface area contributed by atoms with Gasteiger partial charge in [0.15, 0.2) is 11.5 Å². The van der Waals surface area contributed by atoms with Crippen molar-refractivity contribution in [1.29, 1.82) is 0 Å². The number of aliphatic carboxylic acids is 1. The molecule has 2 rings (SSSR count). The number of allylic oxidation sites excluding steroid dienone is 1. The second-order valence-electron chi connectivity index (χ2n) is 5.61. The molecule has 1 aliphatic heterocycles. The quantitative estimate of drug-likeness (QED) is 0.804. The molecule has 0 aliphatic carbocycles. The van der Waals surface area contributed by atoms with Crippen LogP contribution < -0.4 is 9.47 Å². The zero-order valence-electron chi connectivity index (χ0n) is 13.7. The summed E-state index contributed by atoms with van der Waals surface area (Å²) in [5.74, 6) is -1.11. The lowest BCUT2D eigenvalue weighted by Gasteiger charge is -2.19. The van der Waals surface area contributed by atoms with Gasteiger partial charge in [0.05, 0.1) is 20.8 Å². The van der Waals surface area contributed by atoms with Crippen molar-refractivity contribution in [3.63, 3.8) is 0 Å². The van der Waals surface area contributed by atoms with Gasteiger partial charge >= 0.3 is 5.97 Å². The van der Waals surface area contributed by atoms with Crippen molar-refractivity contribution in [2.24, 2.45) is 0 Å². The molecule has 7 heteroatoms. The van der Waals surface area contributed by atoms with Crippen LogP contribution in [0.15, 0.2) is 24.8 Å². The molecule has 0 aromatic heterocycles. The number of carboxylic acid groups (broad SMARTS) is 1. The highest BCUT2D eigenvalue weighted by atomic mass is 19.1. The summed E-state index contributed by atoms with van der Waals surface area (Å²) in [7, 11) is 2.95. The van der Waals surface area contributed by atoms with Crippen molar-refractivity contribution in [3.05, 3.63) is 35.9 Å². The number of rotatable bonds is 6. The van der Waals surface area contributed by atoms with Crippen molar-refractivity contribution in [2.45, 2.75) is 18.5 Å². The van der Waals surface area contributed by atoms with Crippen molar-refractivity contribution >= 4 is 11.9 Å². The van der Waals surface area contributed by atoms with Crippen molar-refractivity contribution in [2.75, 3.05) is 27.3 Å². The van der Waals surface area contributed by atoms with E-state index >= 15 is 0 Å². The summed E-state index contributed by atoms with van der Waals surface area (Å²) in [5.41, 5.74) is -1.39. The Morgan fingerprint density at radius 1 is 1.42 bits per heavy atom. The normalized spacial score (nSPS) is 19.9. The van der Waals surface area contributed by atoms with Crippen LogP contribution in [0.1, 0.15) is 22.3 Å². The van der Waals surface area contributed by atoms with E-state index in [9.17, 15) is 14.0 Å². The Kier molecular flexibility index (Phi) is 5.11. The van der Waals surface area contributed by atoms with E-state index < -0.39 is 24.1 Å². The number of carbonyl (C=O) groups is 2. The molecule has 24 heavy (non-hydrogen) atoms. The Bertz CT molecular complexity index is 675. The first kappa shape index (κ1) is 17.8. The van der Waals surface area contributed by atoms with Gasteiger partial charge in [-0.25, -0.2) is 9.18 Å². The molecule has 130 valence electrons. The van der Waals surface area contributed by atoms with Crippen LogP contribution >= 0.6 is 0 Å². The standard InChI is InChI=1S/C17H20FNO5/c1-4-5-11-8-12(9-13(23-2)14(11)24-3)15(20)19-7-6-17(18,10-19)16(21)22/h4,8-9H,1,5-7,10H2,2-3H3,(H,21,22). The zero-order valence-corrected chi connectivity index (χ0v) is 13.7. The van der Waals surface area contributed by atoms with Gasteiger partial charge in [0, 0.05) is 24.1 Å². The van der Waals surface area contributed by atoms with Crippen LogP contribution in [0.5, 0.6) is 11.5 Å². The predicted molar refractivity (Wildman–Crippen MR) is 85.4 cm³/mol. The van der Waals surface area contributed by atoms with Gasteiger partial charge in [-0.1, -0.05) is 6.08 Å². The fourth-order valence-corrected chi connectivity index (χ4v) is 2.78. The van der Waals surface area contributed by atoms with Crippen LogP contribution in [-0.4, -0.2) is 54.9 Å². The maximum absolute atomic E-state index is 14.2. The molecule has 0 bridgehead atoms. The van der Waals surface area contributed by atoms with E-state index in [0.717, 1.165) is 0 Å². The van der Waals surface area contributed by atoms with Crippen LogP contribution in [-0.2, 0) is 11.2 Å². The summed E-state index contributed by atoms with van der Waals surface area (Å²) in [6.07, 6.45) is 1.90. The molecule has 1 N–H and O–H groups in total. The summed E-state index contributed by atoms with van der Waals surface area (Å²) < 4.78 is 24.7. The first-order chi connectivity index (χ1) is 11.4. The van der Waals surface area contributed by atoms with Gasteiger partial charge in [0.25, 0.3) is 5.91 Å². The number of likely N-dealkylation sites (tertiary alicyclic amines) is 1. The minimum atomic E-state index is -2.39. The summed E-state index contributed by atoms with van der Waals surface area (Å²) >= 11 is 0. The number of amides is 1. The van der Waals surface area contributed by atoms with Crippen LogP contribution in [0.2, 0.25) is 0 Å². The van der Waals surface area contributed by atoms with Gasteiger partial charge in [-0.2, -0.15) is 0 Å². The van der Waals surface area contributed by atoms with Crippen LogP contribution in [0, 0.1) is 0 Å². The summed E-state index contributed by atoms with van der Waals surface area (Å²) in [6.45, 7) is 3.25. The average molecular weight is 337 g/mol. The third-order valence-electron chi connectivity index (χ3n) is 4.06. The SMILES string of the molecule is C=CCc1cc(C(=O)N2CCC(F)(C(=O)O)C2)cc(OC)c1OC. The number of benzene rings is 1. The van der Waals surface area contributed by atoms with E-state index in [-0.39, 0.29) is 13.0 Å². The van der Waals surface area contributed by atoms with Gasteiger partial charge < -0.3 is 19.5 Å². The second kappa shape index (κ2) is 6.90. The third kappa shape index (κ3) is 3.20. The third-order valence-corrected chi connectivity index (χ3v) is 4.06. The number of hydrogen-bond acceptors (Lipinski definition) is 4. The number of methoxy groups -OCH3 is 2. The van der Waals surface area contributed by atoms with E-state index in [0.29, 0.717) is 29.0 Å². The molecule has 1 aromatic carbocycles. The Morgan fingerprint density at radius 2 is 2.12 bits per heavy atom. The topological polar surface area (TPSA) is 76.1 Å². The number of halogens is 1. The Morgan fingerprint density at radius 3 is 2.62 bits per heavy atom. The highest BCUT2D eigenvalue weighted by molar-refractivity contribution is 5.96. The van der Waals surface area contributed by atoms with Gasteiger partial charge in [0.2, 0.25) is 5.67 Å². The van der Waals surface area contributed by atoms with Gasteiger partial charge in [-0.05, 0) is 18.6 Å². The van der Waals surface area contributed by atoms with E-state index in [1.165, 1.54) is 25.2 Å². The van der Waals surface area contributed by atoms with Crippen molar-refractivity contribution < 1.29 is 28.6 Å². The molecule has 1 aliphatic rings. The average Bonchev–Trinajstić information content (AvgIpc) is 2.97. The first-order valence-corrected chi connectivity index (χ1v) is 7.43. The highest BCUT2D eigenvalue weighted by Crippen LogP contribution is 2.34. The van der Waals surface area contributed by atoms with Gasteiger partial charge in [0.1, 0.15) is 0 Å². The minimum absolute atomic E-state index is 0.0484. The molecule has 1 unspecified atom stereocenters. The van der Waals surface area contributed by atoms with Gasteiger partial charge in [-0.3, -0.25) is 4.79 Å². The summed E-state index contributed by atoms with van der Waals surface area (Å²) in [6, 6.07) is 3.14. The predicted octanol–water partition coefficient (Wildman–Crippen LogP) is 2.07. The molecule has 1 amide bonds. The number of hydrogen-bond donors (Lipinski definition) is 1. The van der Waals surface area contributed by atoms with Crippen molar-refractivity contribution in [3.8, 4) is 11.5 Å². The molecule has 1 heterocycles. The maximum Gasteiger partial charge on any atom is 0.343 e. The fraction of sp³-hybridized carbons (Fsp3) is 0.412. The molecular weight excluding hydrogens is 317 g/mol. The Hall–Kier alpha value is -2.57. The molecule has 0 radical (unpaired) electrons. The fourth-order valence-electron chi connectivity index (χ4n) is 2.78. The van der Waals surface area contributed by atoms with E-state index in [4.69, 9.17) is 14.6 Å². The number of alkyl halides is 1. The molecule has 0 spiro atoms. The molecular formula is C17H20FNO5. The zero-order chi connectivity index (χ0) is 17.9. The van der Waals surface area contributed by atoms with Gasteiger partial charge in [-0.15, -0.1) is 6.58 Å². The van der Waals surface area contributed by atoms with Crippen LogP contribution in [0.4, 0.5) is 4.39 Å². The molecule has 1 aromatic rings. The lowest BCUT2D eigenvalue weighted by Crippen LogP contribution is -2.38. The van der Waals surface area contributed by atoms with Crippen LogP contribution in [0.25, 0.3) is 0 Å². The molecule has 1 atom stereocenters. The second-order valence-corrected chi connectivity index (χ2v) is 5.61.